The van der Waals surface area contributed by atoms with E-state index < -0.39 is 0 Å². The van der Waals surface area contributed by atoms with E-state index in [4.69, 9.17) is 5.11 Å². The number of para-hydroxylation sites is 1. The molecular formula is C13H20N2O2. The number of hydrogen-bond donors (Lipinski definition) is 3. The Labute approximate surface area is 102 Å². The number of urea groups is 1. The summed E-state index contributed by atoms with van der Waals surface area (Å²) in [6.45, 7) is 3.78. The Kier molecular flexibility index (Phi) is 5.49. The number of hydrogen-bond acceptors (Lipinski definition) is 2. The number of anilines is 1. The molecule has 3 N–H and O–H groups in total. The number of carbonyl (C=O) groups is 1. The van der Waals surface area contributed by atoms with Crippen LogP contribution >= 0.6 is 0 Å². The molecule has 0 spiro atoms. The van der Waals surface area contributed by atoms with Gasteiger partial charge in [0.15, 0.2) is 0 Å². The van der Waals surface area contributed by atoms with Gasteiger partial charge in [-0.25, -0.2) is 4.79 Å². The molecular weight excluding hydrogens is 216 g/mol. The van der Waals surface area contributed by atoms with Gasteiger partial charge in [0, 0.05) is 5.69 Å². The van der Waals surface area contributed by atoms with Crippen molar-refractivity contribution < 1.29 is 9.90 Å². The molecule has 1 aromatic rings. The summed E-state index contributed by atoms with van der Waals surface area (Å²) < 4.78 is 0. The molecule has 0 fully saturated rings. The summed E-state index contributed by atoms with van der Waals surface area (Å²) in [4.78, 5) is 11.6. The molecule has 4 nitrogen and oxygen atoms in total. The molecule has 0 aliphatic heterocycles. The molecule has 0 bridgehead atoms. The van der Waals surface area contributed by atoms with Crippen LogP contribution in [0.1, 0.15) is 25.8 Å². The highest BCUT2D eigenvalue weighted by Crippen LogP contribution is 2.16. The number of rotatable bonds is 5. The lowest BCUT2D eigenvalue weighted by molar-refractivity contribution is 0.229. The molecule has 0 saturated heterocycles. The first-order valence-electron chi connectivity index (χ1n) is 5.93. The second-order valence-corrected chi connectivity index (χ2v) is 4.09. The van der Waals surface area contributed by atoms with Crippen molar-refractivity contribution in [1.29, 1.82) is 0 Å². The quantitative estimate of drug-likeness (QED) is 0.733. The summed E-state index contributed by atoms with van der Waals surface area (Å²) in [7, 11) is 0. The minimum Gasteiger partial charge on any atom is -0.394 e. The monoisotopic (exact) mass is 236 g/mol. The fourth-order valence-corrected chi connectivity index (χ4v) is 1.56. The van der Waals surface area contributed by atoms with E-state index in [9.17, 15) is 4.79 Å². The van der Waals surface area contributed by atoms with Crippen LogP contribution in [0.5, 0.6) is 0 Å². The van der Waals surface area contributed by atoms with Crippen molar-refractivity contribution >= 4 is 11.7 Å². The Morgan fingerprint density at radius 3 is 2.76 bits per heavy atom. The molecule has 1 aromatic carbocycles. The first kappa shape index (κ1) is 13.5. The number of nitrogens with one attached hydrogen (secondary N) is 2. The van der Waals surface area contributed by atoms with Crippen LogP contribution < -0.4 is 10.6 Å². The Morgan fingerprint density at radius 1 is 1.41 bits per heavy atom. The topological polar surface area (TPSA) is 61.4 Å². The lowest BCUT2D eigenvalue weighted by Crippen LogP contribution is -2.38. The molecule has 94 valence electrons. The van der Waals surface area contributed by atoms with Crippen molar-refractivity contribution in [1.82, 2.24) is 5.32 Å². The largest absolute Gasteiger partial charge is 0.394 e. The highest BCUT2D eigenvalue weighted by atomic mass is 16.3. The first-order chi connectivity index (χ1) is 8.17. The average Bonchev–Trinajstić information content (AvgIpc) is 2.31. The van der Waals surface area contributed by atoms with Gasteiger partial charge in [-0.05, 0) is 25.0 Å². The van der Waals surface area contributed by atoms with Crippen LogP contribution in [-0.2, 0) is 6.42 Å². The van der Waals surface area contributed by atoms with Crippen molar-refractivity contribution in [3.8, 4) is 0 Å². The Bertz CT molecular complexity index is 366. The molecule has 0 aliphatic carbocycles. The van der Waals surface area contributed by atoms with Crippen molar-refractivity contribution in [3.63, 3.8) is 0 Å². The number of carbonyl (C=O) groups excluding carboxylic acids is 1. The van der Waals surface area contributed by atoms with Gasteiger partial charge in [0.2, 0.25) is 0 Å². The van der Waals surface area contributed by atoms with Crippen LogP contribution in [0.15, 0.2) is 24.3 Å². The summed E-state index contributed by atoms with van der Waals surface area (Å²) in [5.41, 5.74) is 1.96. The fourth-order valence-electron chi connectivity index (χ4n) is 1.56. The van der Waals surface area contributed by atoms with Crippen molar-refractivity contribution in [2.24, 2.45) is 0 Å². The summed E-state index contributed by atoms with van der Waals surface area (Å²) in [6.07, 6.45) is 1.97. The summed E-state index contributed by atoms with van der Waals surface area (Å²) >= 11 is 0. The highest BCUT2D eigenvalue weighted by Gasteiger charge is 2.08. The van der Waals surface area contributed by atoms with Crippen LogP contribution in [-0.4, -0.2) is 23.8 Å². The van der Waals surface area contributed by atoms with Crippen molar-refractivity contribution in [2.45, 2.75) is 32.7 Å². The van der Waals surface area contributed by atoms with E-state index in [-0.39, 0.29) is 18.7 Å². The number of benzene rings is 1. The third-order valence-electron chi connectivity index (χ3n) is 2.44. The van der Waals surface area contributed by atoms with Gasteiger partial charge >= 0.3 is 6.03 Å². The minimum atomic E-state index is -0.282. The fraction of sp³-hybridized carbons (Fsp3) is 0.462. The smallest absolute Gasteiger partial charge is 0.319 e. The van der Waals surface area contributed by atoms with E-state index in [1.165, 1.54) is 0 Å². The SMILES string of the molecule is CCCc1ccccc1NC(=O)N[C@H](C)CO. The molecule has 0 heterocycles. The van der Waals surface area contributed by atoms with Crippen molar-refractivity contribution in [2.75, 3.05) is 11.9 Å². The van der Waals surface area contributed by atoms with Gasteiger partial charge in [0.05, 0.1) is 12.6 Å². The summed E-state index contributed by atoms with van der Waals surface area (Å²) in [6, 6.07) is 7.22. The second kappa shape index (κ2) is 6.91. The van der Waals surface area contributed by atoms with Gasteiger partial charge in [-0.3, -0.25) is 0 Å². The number of aliphatic hydroxyl groups excluding tert-OH is 1. The van der Waals surface area contributed by atoms with Crippen LogP contribution in [0, 0.1) is 0 Å². The molecule has 1 rings (SSSR count). The Hall–Kier alpha value is -1.55. The third-order valence-corrected chi connectivity index (χ3v) is 2.44. The normalized spacial score (nSPS) is 11.9. The molecule has 0 radical (unpaired) electrons. The van der Waals surface area contributed by atoms with Gasteiger partial charge in [-0.1, -0.05) is 31.5 Å². The molecule has 0 unspecified atom stereocenters. The zero-order valence-electron chi connectivity index (χ0n) is 10.4. The predicted molar refractivity (Wildman–Crippen MR) is 69.1 cm³/mol. The second-order valence-electron chi connectivity index (χ2n) is 4.09. The minimum absolute atomic E-state index is 0.0654. The van der Waals surface area contributed by atoms with Crippen LogP contribution in [0.3, 0.4) is 0 Å². The van der Waals surface area contributed by atoms with Crippen LogP contribution in [0.2, 0.25) is 0 Å². The maximum absolute atomic E-state index is 11.6. The zero-order chi connectivity index (χ0) is 12.7. The molecule has 0 aliphatic rings. The Balaban J connectivity index is 2.64. The Morgan fingerprint density at radius 2 is 2.12 bits per heavy atom. The predicted octanol–water partition coefficient (Wildman–Crippen LogP) is 2.14. The number of aryl methyl sites for hydroxylation is 1. The van der Waals surface area contributed by atoms with E-state index in [2.05, 4.69) is 17.6 Å². The highest BCUT2D eigenvalue weighted by molar-refractivity contribution is 5.90. The van der Waals surface area contributed by atoms with Gasteiger partial charge in [0.1, 0.15) is 0 Å². The van der Waals surface area contributed by atoms with E-state index >= 15 is 0 Å². The number of aliphatic hydroxyl groups is 1. The van der Waals surface area contributed by atoms with E-state index in [0.717, 1.165) is 24.1 Å². The van der Waals surface area contributed by atoms with Gasteiger partial charge < -0.3 is 15.7 Å². The molecule has 0 aromatic heterocycles. The average molecular weight is 236 g/mol. The van der Waals surface area contributed by atoms with Crippen LogP contribution in [0.4, 0.5) is 10.5 Å². The molecule has 4 heteroatoms. The standard InChI is InChI=1S/C13H20N2O2/c1-3-6-11-7-4-5-8-12(11)15-13(17)14-10(2)9-16/h4-5,7-8,10,16H,3,6,9H2,1-2H3,(H2,14,15,17)/t10-/m1/s1. The maximum atomic E-state index is 11.6. The van der Waals surface area contributed by atoms with E-state index in [0.29, 0.717) is 0 Å². The maximum Gasteiger partial charge on any atom is 0.319 e. The molecule has 17 heavy (non-hydrogen) atoms. The lowest BCUT2D eigenvalue weighted by Gasteiger charge is -2.14. The van der Waals surface area contributed by atoms with Gasteiger partial charge in [-0.2, -0.15) is 0 Å². The summed E-state index contributed by atoms with van der Waals surface area (Å²) in [5, 5.41) is 14.3. The van der Waals surface area contributed by atoms with Crippen molar-refractivity contribution in [3.05, 3.63) is 29.8 Å². The lowest BCUT2D eigenvalue weighted by atomic mass is 10.1. The molecule has 0 saturated carbocycles. The zero-order valence-corrected chi connectivity index (χ0v) is 10.4. The van der Waals surface area contributed by atoms with Gasteiger partial charge in [0.25, 0.3) is 0 Å². The number of amides is 2. The molecule has 2 amide bonds. The first-order valence-corrected chi connectivity index (χ1v) is 5.93. The molecule has 1 atom stereocenters. The van der Waals surface area contributed by atoms with Gasteiger partial charge in [-0.15, -0.1) is 0 Å². The third kappa shape index (κ3) is 4.44. The summed E-state index contributed by atoms with van der Waals surface area (Å²) in [5.74, 6) is 0. The van der Waals surface area contributed by atoms with E-state index in [1.807, 2.05) is 24.3 Å². The van der Waals surface area contributed by atoms with E-state index in [1.54, 1.807) is 6.92 Å². The van der Waals surface area contributed by atoms with Crippen LogP contribution in [0.25, 0.3) is 0 Å².